The van der Waals surface area contributed by atoms with Crippen LogP contribution in [0.3, 0.4) is 0 Å². The normalized spacial score (nSPS) is 12.9. The van der Waals surface area contributed by atoms with Gasteiger partial charge in [-0.2, -0.15) is 0 Å². The van der Waals surface area contributed by atoms with Crippen molar-refractivity contribution in [2.45, 2.75) is 4.90 Å². The third kappa shape index (κ3) is 3.15. The Balaban J connectivity index is 1.52. The Labute approximate surface area is 173 Å². The van der Waals surface area contributed by atoms with E-state index in [9.17, 15) is 13.2 Å². The van der Waals surface area contributed by atoms with Crippen molar-refractivity contribution in [2.24, 2.45) is 0 Å². The highest BCUT2D eigenvalue weighted by molar-refractivity contribution is 7.93. The molecule has 0 spiro atoms. The van der Waals surface area contributed by atoms with E-state index in [1.807, 2.05) is 24.3 Å². The number of rotatable bonds is 3. The molecule has 1 amide bonds. The average Bonchev–Trinajstić information content (AvgIpc) is 2.89. The van der Waals surface area contributed by atoms with Crippen molar-refractivity contribution in [2.75, 3.05) is 10.0 Å². The summed E-state index contributed by atoms with van der Waals surface area (Å²) in [6.07, 6.45) is 0. The Morgan fingerprint density at radius 3 is 2.47 bits per heavy atom. The minimum Gasteiger partial charge on any atom is -0.454 e. The zero-order valence-corrected chi connectivity index (χ0v) is 16.4. The molecule has 0 saturated heterocycles. The summed E-state index contributed by atoms with van der Waals surface area (Å²) in [5.74, 6) is 0.500. The van der Waals surface area contributed by atoms with E-state index < -0.39 is 10.0 Å². The van der Waals surface area contributed by atoms with Gasteiger partial charge in [0.2, 0.25) is 0 Å². The van der Waals surface area contributed by atoms with Crippen LogP contribution in [0.5, 0.6) is 11.5 Å². The second-order valence-corrected chi connectivity index (χ2v) is 8.50. The van der Waals surface area contributed by atoms with Gasteiger partial charge in [0.1, 0.15) is 5.75 Å². The van der Waals surface area contributed by atoms with E-state index in [1.54, 1.807) is 54.6 Å². The summed E-state index contributed by atoms with van der Waals surface area (Å²) >= 11 is 0. The first kappa shape index (κ1) is 18.2. The van der Waals surface area contributed by atoms with Crippen LogP contribution >= 0.6 is 0 Å². The first-order chi connectivity index (χ1) is 14.5. The van der Waals surface area contributed by atoms with Gasteiger partial charge in [0.25, 0.3) is 15.9 Å². The highest BCUT2D eigenvalue weighted by atomic mass is 32.2. The van der Waals surface area contributed by atoms with Crippen LogP contribution in [-0.2, 0) is 10.0 Å². The van der Waals surface area contributed by atoms with E-state index in [2.05, 4.69) is 10.0 Å². The molecule has 30 heavy (non-hydrogen) atoms. The van der Waals surface area contributed by atoms with Gasteiger partial charge in [-0.25, -0.2) is 8.42 Å². The zero-order valence-electron chi connectivity index (χ0n) is 15.6. The highest BCUT2D eigenvalue weighted by Gasteiger charge is 2.23. The van der Waals surface area contributed by atoms with E-state index in [1.165, 1.54) is 6.07 Å². The average molecular weight is 416 g/mol. The Morgan fingerprint density at radius 1 is 0.800 bits per heavy atom. The van der Waals surface area contributed by atoms with Crippen molar-refractivity contribution in [1.82, 2.24) is 0 Å². The fourth-order valence-corrected chi connectivity index (χ4v) is 4.75. The van der Waals surface area contributed by atoms with Crippen LogP contribution in [0.1, 0.15) is 10.4 Å². The molecule has 0 aliphatic carbocycles. The van der Waals surface area contributed by atoms with Gasteiger partial charge in [-0.15, -0.1) is 0 Å². The van der Waals surface area contributed by atoms with Crippen molar-refractivity contribution in [3.05, 3.63) is 90.5 Å². The quantitative estimate of drug-likeness (QED) is 0.492. The maximum absolute atomic E-state index is 13.1. The van der Waals surface area contributed by atoms with Crippen LogP contribution in [0.4, 0.5) is 11.4 Å². The summed E-state index contributed by atoms with van der Waals surface area (Å²) in [5.41, 5.74) is 1.06. The van der Waals surface area contributed by atoms with Gasteiger partial charge in [-0.3, -0.25) is 9.52 Å². The second kappa shape index (κ2) is 6.89. The molecule has 5 rings (SSSR count). The molecule has 1 aliphatic heterocycles. The number of fused-ring (bicyclic) bond motifs is 3. The third-order valence-corrected chi connectivity index (χ3v) is 6.31. The number of nitrogens with one attached hydrogen (secondary N) is 2. The van der Waals surface area contributed by atoms with Gasteiger partial charge < -0.3 is 10.1 Å². The Hall–Kier alpha value is -3.84. The number of ether oxygens (including phenoxy) is 1. The predicted molar refractivity (Wildman–Crippen MR) is 116 cm³/mol. The van der Waals surface area contributed by atoms with Crippen molar-refractivity contribution < 1.29 is 17.9 Å². The number of para-hydroxylation sites is 2. The van der Waals surface area contributed by atoms with E-state index in [-0.39, 0.29) is 22.1 Å². The molecule has 0 atom stereocenters. The van der Waals surface area contributed by atoms with Crippen molar-refractivity contribution >= 4 is 38.1 Å². The monoisotopic (exact) mass is 416 g/mol. The molecule has 0 fully saturated rings. The Morgan fingerprint density at radius 2 is 1.57 bits per heavy atom. The van der Waals surface area contributed by atoms with Gasteiger partial charge >= 0.3 is 0 Å². The first-order valence-electron chi connectivity index (χ1n) is 9.24. The molecule has 1 heterocycles. The van der Waals surface area contributed by atoms with Crippen LogP contribution in [0.15, 0.2) is 89.8 Å². The number of benzene rings is 4. The van der Waals surface area contributed by atoms with Crippen LogP contribution in [0, 0.1) is 0 Å². The molecule has 6 nitrogen and oxygen atoms in total. The Bertz CT molecular complexity index is 1410. The zero-order chi connectivity index (χ0) is 20.7. The number of carbonyl (C=O) groups excluding carboxylic acids is 1. The molecule has 0 bridgehead atoms. The molecular formula is C23H16N2O4S. The molecule has 0 saturated carbocycles. The number of anilines is 2. The lowest BCUT2D eigenvalue weighted by Gasteiger charge is -2.12. The number of amides is 1. The molecule has 4 aromatic carbocycles. The summed E-state index contributed by atoms with van der Waals surface area (Å²) in [6, 6.07) is 24.1. The van der Waals surface area contributed by atoms with Crippen LogP contribution < -0.4 is 14.8 Å². The fraction of sp³-hybridized carbons (Fsp3) is 0. The third-order valence-electron chi connectivity index (χ3n) is 4.87. The first-order valence-corrected chi connectivity index (χ1v) is 10.7. The van der Waals surface area contributed by atoms with E-state index in [0.717, 1.165) is 5.39 Å². The standard InChI is InChI=1S/C23H16N2O4S/c26-23-18-14-16(12-13-20(18)29-21-10-4-3-9-19(21)24-23)25-30(27,28)22-11-5-7-15-6-1-2-8-17(15)22/h1-14,25H,(H,24,26). The maximum Gasteiger partial charge on any atom is 0.262 e. The number of sulfonamides is 1. The SMILES string of the molecule is O=C1Nc2ccccc2Oc2ccc(NS(=O)(=O)c3cccc4ccccc34)cc21. The van der Waals surface area contributed by atoms with Crippen LogP contribution in [0.2, 0.25) is 0 Å². The second-order valence-electron chi connectivity index (χ2n) is 6.85. The summed E-state index contributed by atoms with van der Waals surface area (Å²) in [7, 11) is -3.87. The fourth-order valence-electron chi connectivity index (χ4n) is 3.47. The van der Waals surface area contributed by atoms with E-state index in [0.29, 0.717) is 22.6 Å². The van der Waals surface area contributed by atoms with Gasteiger partial charge in [0.15, 0.2) is 5.75 Å². The summed E-state index contributed by atoms with van der Waals surface area (Å²) in [5, 5.41) is 4.23. The van der Waals surface area contributed by atoms with E-state index >= 15 is 0 Å². The molecule has 148 valence electrons. The number of carbonyl (C=O) groups is 1. The van der Waals surface area contributed by atoms with Crippen molar-refractivity contribution in [3.63, 3.8) is 0 Å². The molecule has 7 heteroatoms. The Kier molecular flexibility index (Phi) is 4.18. The number of hydrogen-bond donors (Lipinski definition) is 2. The lowest BCUT2D eigenvalue weighted by molar-refractivity contribution is 0.102. The molecule has 0 unspecified atom stereocenters. The van der Waals surface area contributed by atoms with Crippen molar-refractivity contribution in [1.29, 1.82) is 0 Å². The van der Waals surface area contributed by atoms with Crippen molar-refractivity contribution in [3.8, 4) is 11.5 Å². The van der Waals surface area contributed by atoms with Gasteiger partial charge in [0.05, 0.1) is 16.1 Å². The molecule has 0 radical (unpaired) electrons. The number of hydrogen-bond acceptors (Lipinski definition) is 4. The maximum atomic E-state index is 13.1. The summed E-state index contributed by atoms with van der Waals surface area (Å²) < 4.78 is 34.6. The summed E-state index contributed by atoms with van der Waals surface area (Å²) in [4.78, 5) is 12.8. The molecule has 1 aliphatic rings. The van der Waals surface area contributed by atoms with Gasteiger partial charge in [0, 0.05) is 11.1 Å². The smallest absolute Gasteiger partial charge is 0.262 e. The van der Waals surface area contributed by atoms with E-state index in [4.69, 9.17) is 4.74 Å². The minimum atomic E-state index is -3.87. The minimum absolute atomic E-state index is 0.170. The summed E-state index contributed by atoms with van der Waals surface area (Å²) in [6.45, 7) is 0. The predicted octanol–water partition coefficient (Wildman–Crippen LogP) is 5.00. The van der Waals surface area contributed by atoms with Crippen LogP contribution in [-0.4, -0.2) is 14.3 Å². The van der Waals surface area contributed by atoms with Crippen LogP contribution in [0.25, 0.3) is 10.8 Å². The lowest BCUT2D eigenvalue weighted by Crippen LogP contribution is -2.15. The molecule has 2 N–H and O–H groups in total. The molecule has 4 aromatic rings. The van der Waals surface area contributed by atoms with Gasteiger partial charge in [-0.05, 0) is 41.8 Å². The lowest BCUT2D eigenvalue weighted by atomic mass is 10.1. The largest absolute Gasteiger partial charge is 0.454 e. The topological polar surface area (TPSA) is 84.5 Å². The van der Waals surface area contributed by atoms with Gasteiger partial charge in [-0.1, -0.05) is 48.5 Å². The highest BCUT2D eigenvalue weighted by Crippen LogP contribution is 2.36. The molecule has 0 aromatic heterocycles. The molecular weight excluding hydrogens is 400 g/mol.